The Kier molecular flexibility index (Phi) is 12.6. The highest BCUT2D eigenvalue weighted by Gasteiger charge is 2.36. The zero-order valence-corrected chi connectivity index (χ0v) is 25.2. The number of ether oxygens (including phenoxy) is 6. The van der Waals surface area contributed by atoms with Crippen molar-refractivity contribution in [3.05, 3.63) is 53.9 Å². The Labute approximate surface area is 247 Å². The van der Waals surface area contributed by atoms with Crippen LogP contribution in [0.3, 0.4) is 0 Å². The molecule has 0 saturated carbocycles. The number of rotatable bonds is 12. The summed E-state index contributed by atoms with van der Waals surface area (Å²) in [6, 6.07) is 10.4. The highest BCUT2D eigenvalue weighted by Crippen LogP contribution is 2.30. The maximum atomic E-state index is 13.4. The van der Waals surface area contributed by atoms with Crippen molar-refractivity contribution in [2.45, 2.75) is 59.3 Å². The Bertz CT molecular complexity index is 1170. The van der Waals surface area contributed by atoms with Crippen molar-refractivity contribution in [3.8, 4) is 11.5 Å². The van der Waals surface area contributed by atoms with Crippen molar-refractivity contribution in [2.24, 2.45) is 17.8 Å². The lowest BCUT2D eigenvalue weighted by molar-refractivity contribution is -0.161. The van der Waals surface area contributed by atoms with E-state index in [1.165, 1.54) is 19.4 Å². The first-order valence-electron chi connectivity index (χ1n) is 14.2. The van der Waals surface area contributed by atoms with Gasteiger partial charge >= 0.3 is 11.9 Å². The first-order chi connectivity index (χ1) is 20.1. The van der Waals surface area contributed by atoms with Gasteiger partial charge in [-0.1, -0.05) is 58.0 Å². The molecule has 0 spiro atoms. The van der Waals surface area contributed by atoms with Crippen LogP contribution in [0.2, 0.25) is 0 Å². The molecule has 11 nitrogen and oxygen atoms in total. The summed E-state index contributed by atoms with van der Waals surface area (Å²) >= 11 is 0. The number of carbonyl (C=O) groups excluding carboxylic acids is 3. The van der Waals surface area contributed by atoms with Crippen molar-refractivity contribution in [2.75, 3.05) is 33.7 Å². The van der Waals surface area contributed by atoms with Crippen molar-refractivity contribution >= 4 is 17.8 Å². The molecule has 0 radical (unpaired) electrons. The normalized spacial score (nSPS) is 21.1. The van der Waals surface area contributed by atoms with E-state index in [9.17, 15) is 14.4 Å². The minimum Gasteiger partial charge on any atom is -0.493 e. The molecule has 0 unspecified atom stereocenters. The first-order valence-corrected chi connectivity index (χ1v) is 14.2. The molecule has 1 aliphatic heterocycles. The molecule has 42 heavy (non-hydrogen) atoms. The van der Waals surface area contributed by atoms with Crippen LogP contribution in [0.4, 0.5) is 0 Å². The van der Waals surface area contributed by atoms with E-state index in [1.807, 2.05) is 30.3 Å². The van der Waals surface area contributed by atoms with Gasteiger partial charge in [-0.3, -0.25) is 9.59 Å². The Morgan fingerprint density at radius 2 is 1.83 bits per heavy atom. The van der Waals surface area contributed by atoms with Crippen LogP contribution < -0.4 is 14.8 Å². The number of cyclic esters (lactones) is 1. The van der Waals surface area contributed by atoms with Crippen LogP contribution in [0.15, 0.2) is 42.6 Å². The van der Waals surface area contributed by atoms with Crippen LogP contribution >= 0.6 is 0 Å². The van der Waals surface area contributed by atoms with Crippen LogP contribution in [0.1, 0.15) is 50.7 Å². The van der Waals surface area contributed by atoms with E-state index in [0.717, 1.165) is 5.56 Å². The van der Waals surface area contributed by atoms with Crippen molar-refractivity contribution in [3.63, 3.8) is 0 Å². The van der Waals surface area contributed by atoms with Gasteiger partial charge in [0.25, 0.3) is 5.91 Å². The van der Waals surface area contributed by atoms with Crippen LogP contribution in [0.25, 0.3) is 0 Å². The molecule has 4 atom stereocenters. The maximum Gasteiger partial charge on any atom is 0.331 e. The second-order valence-corrected chi connectivity index (χ2v) is 10.9. The van der Waals surface area contributed by atoms with Gasteiger partial charge in [0.1, 0.15) is 6.10 Å². The van der Waals surface area contributed by atoms with Crippen molar-refractivity contribution in [1.29, 1.82) is 0 Å². The molecule has 1 saturated heterocycles. The lowest BCUT2D eigenvalue weighted by atomic mass is 9.91. The van der Waals surface area contributed by atoms with Crippen LogP contribution in [0.5, 0.6) is 11.5 Å². The van der Waals surface area contributed by atoms with Crippen LogP contribution in [-0.4, -0.2) is 74.8 Å². The zero-order chi connectivity index (χ0) is 30.6. The number of nitrogens with one attached hydrogen (secondary N) is 1. The van der Waals surface area contributed by atoms with Gasteiger partial charge in [-0.15, -0.1) is 0 Å². The molecule has 1 N–H and O–H groups in total. The second-order valence-electron chi connectivity index (χ2n) is 10.9. The minimum absolute atomic E-state index is 0.0372. The Morgan fingerprint density at radius 3 is 2.50 bits per heavy atom. The summed E-state index contributed by atoms with van der Waals surface area (Å²) in [6.45, 7) is 9.49. The predicted octanol–water partition coefficient (Wildman–Crippen LogP) is 3.59. The highest BCUT2D eigenvalue weighted by molar-refractivity contribution is 5.98. The standard InChI is InChI=1S/C31H42N2O9/c1-19(2)15-39-27-21(5)42-31(36)24(17-38-16-23(27)14-22-10-8-7-9-11-22)33-29(34)26-28(25(37-6)12-13-32-26)40-18-41-30(35)20(3)4/h7-13,19-21,23-24,27H,14-18H2,1-6H3,(H,33,34)/t21-,23-,24-,27-/m0/s1. The summed E-state index contributed by atoms with van der Waals surface area (Å²) in [5.74, 6) is -1.85. The van der Waals surface area contributed by atoms with Gasteiger partial charge in [-0.25, -0.2) is 9.78 Å². The third-order valence-corrected chi connectivity index (χ3v) is 6.58. The van der Waals surface area contributed by atoms with Gasteiger partial charge < -0.3 is 33.7 Å². The first kappa shape index (κ1) is 32.8. The van der Waals surface area contributed by atoms with Gasteiger partial charge in [0.2, 0.25) is 6.79 Å². The number of aromatic nitrogens is 1. The fourth-order valence-electron chi connectivity index (χ4n) is 4.42. The van der Waals surface area contributed by atoms with E-state index in [0.29, 0.717) is 13.0 Å². The molecule has 1 aliphatic rings. The van der Waals surface area contributed by atoms with E-state index in [1.54, 1.807) is 20.8 Å². The lowest BCUT2D eigenvalue weighted by Gasteiger charge is -2.31. The number of benzene rings is 1. The molecule has 2 aromatic rings. The van der Waals surface area contributed by atoms with Crippen LogP contribution in [-0.2, 0) is 35.0 Å². The van der Waals surface area contributed by atoms with Crippen molar-refractivity contribution < 1.29 is 42.8 Å². The monoisotopic (exact) mass is 586 g/mol. The largest absolute Gasteiger partial charge is 0.493 e. The average molecular weight is 587 g/mol. The van der Waals surface area contributed by atoms with E-state index >= 15 is 0 Å². The summed E-state index contributed by atoms with van der Waals surface area (Å²) in [5.41, 5.74) is 0.957. The molecule has 1 amide bonds. The van der Waals surface area contributed by atoms with Gasteiger partial charge in [0.15, 0.2) is 23.2 Å². The molecule has 0 aliphatic carbocycles. The second kappa shape index (κ2) is 16.1. The van der Waals surface area contributed by atoms with Gasteiger partial charge in [0, 0.05) is 24.8 Å². The number of methoxy groups -OCH3 is 1. The van der Waals surface area contributed by atoms with E-state index in [4.69, 9.17) is 28.4 Å². The van der Waals surface area contributed by atoms with Gasteiger partial charge in [-0.2, -0.15) is 0 Å². The summed E-state index contributed by atoms with van der Waals surface area (Å²) in [5, 5.41) is 2.65. The molecule has 230 valence electrons. The molecule has 1 aromatic heterocycles. The predicted molar refractivity (Wildman–Crippen MR) is 153 cm³/mol. The fraction of sp³-hybridized carbons (Fsp3) is 0.548. The van der Waals surface area contributed by atoms with Gasteiger partial charge in [0.05, 0.1) is 32.3 Å². The Morgan fingerprint density at radius 1 is 1.10 bits per heavy atom. The van der Waals surface area contributed by atoms with E-state index < -0.39 is 42.9 Å². The molecule has 2 heterocycles. The highest BCUT2D eigenvalue weighted by atomic mass is 16.7. The Hall–Kier alpha value is -3.70. The van der Waals surface area contributed by atoms with E-state index in [2.05, 4.69) is 24.1 Å². The smallest absolute Gasteiger partial charge is 0.331 e. The number of hydrogen-bond donors (Lipinski definition) is 1. The number of esters is 2. The third kappa shape index (κ3) is 9.42. The molecular weight excluding hydrogens is 544 g/mol. The SMILES string of the molecule is COc1ccnc(C(=O)N[C@H]2COC[C@H](Cc3ccccc3)[C@@H](OCC(C)C)[C@H](C)OC2=O)c1OCOC(=O)C(C)C. The zero-order valence-electron chi connectivity index (χ0n) is 25.2. The van der Waals surface area contributed by atoms with Crippen LogP contribution in [0, 0.1) is 17.8 Å². The van der Waals surface area contributed by atoms with E-state index in [-0.39, 0.29) is 48.2 Å². The summed E-state index contributed by atoms with van der Waals surface area (Å²) < 4.78 is 34.1. The quantitative estimate of drug-likeness (QED) is 0.291. The summed E-state index contributed by atoms with van der Waals surface area (Å²) in [6.07, 6.45) is 1.01. The molecule has 0 bridgehead atoms. The number of hydrogen-bond acceptors (Lipinski definition) is 10. The fourth-order valence-corrected chi connectivity index (χ4v) is 4.42. The summed E-state index contributed by atoms with van der Waals surface area (Å²) in [4.78, 5) is 42.6. The number of carbonyl (C=O) groups is 3. The number of nitrogens with zero attached hydrogens (tertiary/aromatic N) is 1. The lowest BCUT2D eigenvalue weighted by Crippen LogP contribution is -2.46. The number of amides is 1. The average Bonchev–Trinajstić information content (AvgIpc) is 3.00. The molecule has 11 heteroatoms. The molecule has 1 fully saturated rings. The Balaban J connectivity index is 1.77. The minimum atomic E-state index is -1.12. The molecular formula is C31H42N2O9. The molecule has 3 rings (SSSR count). The molecule has 1 aromatic carbocycles. The van der Waals surface area contributed by atoms with Gasteiger partial charge in [-0.05, 0) is 24.8 Å². The number of pyridine rings is 1. The third-order valence-electron chi connectivity index (χ3n) is 6.58. The van der Waals surface area contributed by atoms with Crippen molar-refractivity contribution in [1.82, 2.24) is 10.3 Å². The topological polar surface area (TPSA) is 132 Å². The summed E-state index contributed by atoms with van der Waals surface area (Å²) in [7, 11) is 1.40. The maximum absolute atomic E-state index is 13.4.